The van der Waals surface area contributed by atoms with Gasteiger partial charge in [-0.1, -0.05) is 23.8 Å². The van der Waals surface area contributed by atoms with Crippen molar-refractivity contribution in [3.8, 4) is 16.9 Å². The molecule has 3 aromatic rings. The van der Waals surface area contributed by atoms with Gasteiger partial charge in [0.25, 0.3) is 5.91 Å². The molecule has 7 nitrogen and oxygen atoms in total. The van der Waals surface area contributed by atoms with Gasteiger partial charge in [-0.25, -0.2) is 4.68 Å². The topological polar surface area (TPSA) is 90.5 Å². The average molecular weight is 433 g/mol. The number of hydrogen-bond donors (Lipinski definition) is 1. The Balaban J connectivity index is 1.45. The molecule has 7 heteroatoms. The molecule has 166 valence electrons. The molecule has 1 saturated heterocycles. The molecule has 1 fully saturated rings. The molecule has 2 aromatic carbocycles. The summed E-state index contributed by atoms with van der Waals surface area (Å²) in [5.41, 5.74) is 10.6. The van der Waals surface area contributed by atoms with Gasteiger partial charge in [0, 0.05) is 30.3 Å². The Kier molecular flexibility index (Phi) is 6.25. The lowest BCUT2D eigenvalue weighted by molar-refractivity contribution is -0.149. The highest BCUT2D eigenvalue weighted by atomic mass is 16.5. The summed E-state index contributed by atoms with van der Waals surface area (Å²) in [5, 5.41) is 4.65. The molecule has 1 aromatic heterocycles. The number of aryl methyl sites for hydroxylation is 1. The van der Waals surface area contributed by atoms with Gasteiger partial charge in [0.05, 0.1) is 23.9 Å². The van der Waals surface area contributed by atoms with E-state index < -0.39 is 0 Å². The average Bonchev–Trinajstić information content (AvgIpc) is 3.20. The Morgan fingerprint density at radius 1 is 1.09 bits per heavy atom. The Labute approximate surface area is 187 Å². The lowest BCUT2D eigenvalue weighted by Gasteiger charge is -2.31. The van der Waals surface area contributed by atoms with E-state index in [2.05, 4.69) is 11.2 Å². The summed E-state index contributed by atoms with van der Waals surface area (Å²) in [6.45, 7) is 5.34. The molecule has 0 radical (unpaired) electrons. The van der Waals surface area contributed by atoms with E-state index in [9.17, 15) is 9.59 Å². The van der Waals surface area contributed by atoms with E-state index in [-0.39, 0.29) is 17.8 Å². The second-order valence-corrected chi connectivity index (χ2v) is 8.10. The van der Waals surface area contributed by atoms with E-state index >= 15 is 0 Å². The monoisotopic (exact) mass is 432 g/mol. The van der Waals surface area contributed by atoms with E-state index in [0.29, 0.717) is 43.9 Å². The molecule has 0 unspecified atom stereocenters. The van der Waals surface area contributed by atoms with Gasteiger partial charge in [0.15, 0.2) is 0 Å². The number of piperidine rings is 1. The molecule has 0 aliphatic carbocycles. The normalized spacial score (nSPS) is 14.4. The van der Waals surface area contributed by atoms with Crippen molar-refractivity contribution in [3.05, 3.63) is 65.7 Å². The summed E-state index contributed by atoms with van der Waals surface area (Å²) >= 11 is 0. The maximum atomic E-state index is 12.9. The number of nitrogen functional groups attached to an aromatic ring is 1. The third-order valence-electron chi connectivity index (χ3n) is 5.81. The van der Waals surface area contributed by atoms with Gasteiger partial charge in [0.1, 0.15) is 5.82 Å². The molecule has 1 amide bonds. The maximum absolute atomic E-state index is 12.9. The van der Waals surface area contributed by atoms with Gasteiger partial charge in [-0.15, -0.1) is 0 Å². The number of aromatic nitrogens is 2. The van der Waals surface area contributed by atoms with Crippen LogP contribution in [0.4, 0.5) is 5.82 Å². The molecule has 1 aliphatic rings. The molecule has 2 heterocycles. The molecule has 0 saturated carbocycles. The Bertz CT molecular complexity index is 1110. The number of nitrogens with two attached hydrogens (primary N) is 1. The van der Waals surface area contributed by atoms with Crippen LogP contribution in [0.15, 0.2) is 54.6 Å². The second-order valence-electron chi connectivity index (χ2n) is 8.10. The first-order chi connectivity index (χ1) is 15.5. The Morgan fingerprint density at radius 3 is 2.47 bits per heavy atom. The fraction of sp³-hybridized carbons (Fsp3) is 0.320. The molecule has 0 atom stereocenters. The van der Waals surface area contributed by atoms with E-state index in [0.717, 1.165) is 22.5 Å². The minimum Gasteiger partial charge on any atom is -0.466 e. The summed E-state index contributed by atoms with van der Waals surface area (Å²) in [6.07, 6.45) is 1.27. The van der Waals surface area contributed by atoms with Crippen molar-refractivity contribution in [2.75, 3.05) is 25.4 Å². The summed E-state index contributed by atoms with van der Waals surface area (Å²) in [6, 6.07) is 17.2. The molecule has 2 N–H and O–H groups in total. The maximum Gasteiger partial charge on any atom is 0.309 e. The van der Waals surface area contributed by atoms with Crippen LogP contribution in [0, 0.1) is 12.8 Å². The number of likely N-dealkylation sites (tertiary alicyclic amines) is 1. The summed E-state index contributed by atoms with van der Waals surface area (Å²) in [4.78, 5) is 26.6. The first-order valence-electron chi connectivity index (χ1n) is 10.9. The summed E-state index contributed by atoms with van der Waals surface area (Å²) in [5.74, 6) is 0.215. The molecule has 0 spiro atoms. The number of anilines is 1. The van der Waals surface area contributed by atoms with E-state index in [1.807, 2.05) is 43.3 Å². The van der Waals surface area contributed by atoms with Crippen molar-refractivity contribution >= 4 is 17.7 Å². The zero-order valence-electron chi connectivity index (χ0n) is 18.5. The zero-order chi connectivity index (χ0) is 22.7. The Morgan fingerprint density at radius 2 is 1.81 bits per heavy atom. The largest absolute Gasteiger partial charge is 0.466 e. The third kappa shape index (κ3) is 4.51. The van der Waals surface area contributed by atoms with Crippen molar-refractivity contribution in [2.45, 2.75) is 26.7 Å². The highest BCUT2D eigenvalue weighted by Gasteiger charge is 2.28. The van der Waals surface area contributed by atoms with Crippen LogP contribution in [-0.2, 0) is 9.53 Å². The first kappa shape index (κ1) is 21.6. The third-order valence-corrected chi connectivity index (χ3v) is 5.81. The van der Waals surface area contributed by atoms with Gasteiger partial charge in [-0.2, -0.15) is 5.10 Å². The molecular weight excluding hydrogens is 404 g/mol. The van der Waals surface area contributed by atoms with E-state index in [1.165, 1.54) is 0 Å². The molecular formula is C25H28N4O3. The Hall–Kier alpha value is -3.61. The SMILES string of the molecule is CCOC(=O)C1CCN(C(=O)c2ccc(-n3nc(-c4cccc(C)c4)cc3N)cc2)CC1. The molecule has 4 rings (SSSR count). The lowest BCUT2D eigenvalue weighted by Crippen LogP contribution is -2.40. The van der Waals surface area contributed by atoms with Crippen LogP contribution in [0.3, 0.4) is 0 Å². The van der Waals surface area contributed by atoms with Crippen molar-refractivity contribution in [3.63, 3.8) is 0 Å². The number of hydrogen-bond acceptors (Lipinski definition) is 5. The van der Waals surface area contributed by atoms with E-state index in [1.54, 1.807) is 28.6 Å². The van der Waals surface area contributed by atoms with Crippen molar-refractivity contribution in [1.29, 1.82) is 0 Å². The van der Waals surface area contributed by atoms with Crippen molar-refractivity contribution < 1.29 is 14.3 Å². The number of amides is 1. The quantitative estimate of drug-likeness (QED) is 0.619. The molecule has 0 bridgehead atoms. The van der Waals surface area contributed by atoms with Crippen molar-refractivity contribution in [2.24, 2.45) is 5.92 Å². The number of esters is 1. The van der Waals surface area contributed by atoms with Gasteiger partial charge in [-0.3, -0.25) is 9.59 Å². The zero-order valence-corrected chi connectivity index (χ0v) is 18.5. The summed E-state index contributed by atoms with van der Waals surface area (Å²) < 4.78 is 6.78. The second kappa shape index (κ2) is 9.26. The standard InChI is InChI=1S/C25H28N4O3/c1-3-32-25(31)19-11-13-28(14-12-19)24(30)18-7-9-21(10-8-18)29-23(26)16-22(27-29)20-6-4-5-17(2)15-20/h4-10,15-16,19H,3,11-14,26H2,1-2H3. The summed E-state index contributed by atoms with van der Waals surface area (Å²) in [7, 11) is 0. The highest BCUT2D eigenvalue weighted by molar-refractivity contribution is 5.94. The number of nitrogens with zero attached hydrogens (tertiary/aromatic N) is 3. The fourth-order valence-electron chi connectivity index (χ4n) is 4.05. The first-order valence-corrected chi connectivity index (χ1v) is 10.9. The van der Waals surface area contributed by atoms with Crippen LogP contribution in [0.5, 0.6) is 0 Å². The van der Waals surface area contributed by atoms with E-state index in [4.69, 9.17) is 10.5 Å². The minimum absolute atomic E-state index is 0.0345. The van der Waals surface area contributed by atoms with Gasteiger partial charge >= 0.3 is 5.97 Å². The van der Waals surface area contributed by atoms with Gasteiger partial charge < -0.3 is 15.4 Å². The van der Waals surface area contributed by atoms with Crippen molar-refractivity contribution in [1.82, 2.24) is 14.7 Å². The number of ether oxygens (including phenoxy) is 1. The van der Waals surface area contributed by atoms with Crippen LogP contribution in [0.25, 0.3) is 16.9 Å². The predicted octanol–water partition coefficient (Wildman–Crippen LogP) is 3.85. The number of benzene rings is 2. The predicted molar refractivity (Wildman–Crippen MR) is 123 cm³/mol. The van der Waals surface area contributed by atoms with Crippen LogP contribution < -0.4 is 5.73 Å². The van der Waals surface area contributed by atoms with Gasteiger partial charge in [0.2, 0.25) is 0 Å². The molecule has 32 heavy (non-hydrogen) atoms. The molecule has 1 aliphatic heterocycles. The van der Waals surface area contributed by atoms with Crippen LogP contribution >= 0.6 is 0 Å². The van der Waals surface area contributed by atoms with Crippen LogP contribution in [0.2, 0.25) is 0 Å². The highest BCUT2D eigenvalue weighted by Crippen LogP contribution is 2.25. The minimum atomic E-state index is -0.161. The van der Waals surface area contributed by atoms with Crippen LogP contribution in [0.1, 0.15) is 35.7 Å². The van der Waals surface area contributed by atoms with Gasteiger partial charge in [-0.05, 0) is 57.0 Å². The lowest BCUT2D eigenvalue weighted by atomic mass is 9.96. The number of carbonyl (C=O) groups excluding carboxylic acids is 2. The number of rotatable bonds is 5. The fourth-order valence-corrected chi connectivity index (χ4v) is 4.05. The van der Waals surface area contributed by atoms with Crippen LogP contribution in [-0.4, -0.2) is 46.3 Å². The number of carbonyl (C=O) groups is 2. The smallest absolute Gasteiger partial charge is 0.309 e.